The van der Waals surface area contributed by atoms with Gasteiger partial charge in [0.1, 0.15) is 0 Å². The van der Waals surface area contributed by atoms with E-state index in [1.54, 1.807) is 25.2 Å². The molecule has 0 fully saturated rings. The lowest BCUT2D eigenvalue weighted by Gasteiger charge is -2.02. The fourth-order valence-electron chi connectivity index (χ4n) is 1.83. The molecule has 2 amide bonds. The lowest BCUT2D eigenvalue weighted by Crippen LogP contribution is -2.22. The summed E-state index contributed by atoms with van der Waals surface area (Å²) in [4.78, 5) is 24.2. The smallest absolute Gasteiger partial charge is 0.262 e. The van der Waals surface area contributed by atoms with E-state index in [1.165, 1.54) is 11.3 Å². The number of carbonyl (C=O) groups excluding carboxylic acids is 2. The van der Waals surface area contributed by atoms with Crippen LogP contribution in [0.25, 0.3) is 0 Å². The Labute approximate surface area is 133 Å². The third-order valence-electron chi connectivity index (χ3n) is 2.91. The van der Waals surface area contributed by atoms with E-state index < -0.39 is 0 Å². The highest BCUT2D eigenvalue weighted by Crippen LogP contribution is 2.12. The molecule has 0 aliphatic rings. The minimum absolute atomic E-state index is 0.132. The summed E-state index contributed by atoms with van der Waals surface area (Å²) < 4.78 is 0. The van der Waals surface area contributed by atoms with E-state index in [0.717, 1.165) is 5.56 Å². The molecular formula is C17H16N2O2S. The number of benzene rings is 1. The summed E-state index contributed by atoms with van der Waals surface area (Å²) in [6.45, 7) is 2.18. The Bertz CT molecular complexity index is 753. The maximum Gasteiger partial charge on any atom is 0.262 e. The average molecular weight is 312 g/mol. The van der Waals surface area contributed by atoms with E-state index >= 15 is 0 Å². The molecule has 1 heterocycles. The van der Waals surface area contributed by atoms with E-state index in [1.807, 2.05) is 24.4 Å². The number of aryl methyl sites for hydroxylation is 1. The Kier molecular flexibility index (Phi) is 5.34. The SMILES string of the molecule is CNC(=O)c1ccccc1C#CCNC(=O)c1cc(C)cs1. The Hall–Kier alpha value is -2.58. The van der Waals surface area contributed by atoms with Gasteiger partial charge in [0.2, 0.25) is 0 Å². The van der Waals surface area contributed by atoms with Crippen LogP contribution in [0, 0.1) is 18.8 Å². The summed E-state index contributed by atoms with van der Waals surface area (Å²) in [6.07, 6.45) is 0. The number of nitrogens with one attached hydrogen (secondary N) is 2. The van der Waals surface area contributed by atoms with Gasteiger partial charge in [0.15, 0.2) is 0 Å². The molecule has 4 nitrogen and oxygen atoms in total. The average Bonchev–Trinajstić information content (AvgIpc) is 2.97. The van der Waals surface area contributed by atoms with Crippen LogP contribution < -0.4 is 10.6 Å². The summed E-state index contributed by atoms with van der Waals surface area (Å²) >= 11 is 1.41. The fourth-order valence-corrected chi connectivity index (χ4v) is 2.64. The van der Waals surface area contributed by atoms with Gasteiger partial charge in [-0.2, -0.15) is 0 Å². The van der Waals surface area contributed by atoms with Crippen molar-refractivity contribution >= 4 is 23.2 Å². The monoisotopic (exact) mass is 312 g/mol. The van der Waals surface area contributed by atoms with Crippen molar-refractivity contribution in [2.45, 2.75) is 6.92 Å². The highest BCUT2D eigenvalue weighted by Gasteiger charge is 2.07. The lowest BCUT2D eigenvalue weighted by molar-refractivity contribution is 0.0954. The van der Waals surface area contributed by atoms with Crippen molar-refractivity contribution in [1.82, 2.24) is 10.6 Å². The standard InChI is InChI=1S/C17H16N2O2S/c1-12-10-15(22-11-12)17(21)19-9-5-7-13-6-3-4-8-14(13)16(20)18-2/h3-4,6,8,10-11H,9H2,1-2H3,(H,18,20)(H,19,21). The predicted molar refractivity (Wildman–Crippen MR) is 88.1 cm³/mol. The van der Waals surface area contributed by atoms with Crippen LogP contribution in [0.4, 0.5) is 0 Å². The molecular weight excluding hydrogens is 296 g/mol. The molecule has 1 aromatic heterocycles. The number of carbonyl (C=O) groups is 2. The van der Waals surface area contributed by atoms with Crippen molar-refractivity contribution in [1.29, 1.82) is 0 Å². The summed E-state index contributed by atoms with van der Waals surface area (Å²) in [5.74, 6) is 5.48. The maximum absolute atomic E-state index is 11.9. The van der Waals surface area contributed by atoms with E-state index in [2.05, 4.69) is 22.5 Å². The van der Waals surface area contributed by atoms with E-state index in [9.17, 15) is 9.59 Å². The van der Waals surface area contributed by atoms with Crippen molar-refractivity contribution in [3.8, 4) is 11.8 Å². The third kappa shape index (κ3) is 3.96. The molecule has 0 aliphatic heterocycles. The summed E-state index contributed by atoms with van der Waals surface area (Å²) in [7, 11) is 1.58. The van der Waals surface area contributed by atoms with Crippen LogP contribution in [0.15, 0.2) is 35.7 Å². The third-order valence-corrected chi connectivity index (χ3v) is 3.96. The first-order valence-electron chi connectivity index (χ1n) is 6.75. The highest BCUT2D eigenvalue weighted by atomic mass is 32.1. The summed E-state index contributed by atoms with van der Waals surface area (Å²) in [5, 5.41) is 7.25. The quantitative estimate of drug-likeness (QED) is 0.854. The molecule has 112 valence electrons. The van der Waals surface area contributed by atoms with Crippen LogP contribution in [0.3, 0.4) is 0 Å². The zero-order valence-corrected chi connectivity index (χ0v) is 13.2. The summed E-state index contributed by atoms with van der Waals surface area (Å²) in [5.41, 5.74) is 2.24. The first-order chi connectivity index (χ1) is 10.6. The van der Waals surface area contributed by atoms with Crippen LogP contribution >= 0.6 is 11.3 Å². The molecule has 0 unspecified atom stereocenters. The lowest BCUT2D eigenvalue weighted by atomic mass is 10.1. The van der Waals surface area contributed by atoms with Gasteiger partial charge in [0.25, 0.3) is 11.8 Å². The second-order valence-corrected chi connectivity index (χ2v) is 5.51. The number of thiophene rings is 1. The number of rotatable bonds is 3. The maximum atomic E-state index is 11.9. The van der Waals surface area contributed by atoms with Gasteiger partial charge in [-0.3, -0.25) is 9.59 Å². The predicted octanol–water partition coefficient (Wildman–Crippen LogP) is 2.20. The zero-order valence-electron chi connectivity index (χ0n) is 12.4. The van der Waals surface area contributed by atoms with Crippen molar-refractivity contribution in [3.05, 3.63) is 57.3 Å². The molecule has 1 aromatic carbocycles. The Balaban J connectivity index is 2.00. The Morgan fingerprint density at radius 2 is 2.00 bits per heavy atom. The van der Waals surface area contributed by atoms with Gasteiger partial charge in [-0.15, -0.1) is 11.3 Å². The molecule has 0 atom stereocenters. The van der Waals surface area contributed by atoms with Gasteiger partial charge in [-0.1, -0.05) is 24.0 Å². The van der Waals surface area contributed by atoms with Gasteiger partial charge < -0.3 is 10.6 Å². The van der Waals surface area contributed by atoms with Crippen molar-refractivity contribution in [2.24, 2.45) is 0 Å². The first-order valence-corrected chi connectivity index (χ1v) is 7.63. The summed E-state index contributed by atoms with van der Waals surface area (Å²) in [6, 6.07) is 8.95. The van der Waals surface area contributed by atoms with Gasteiger partial charge in [-0.25, -0.2) is 0 Å². The Morgan fingerprint density at radius 3 is 2.68 bits per heavy atom. The molecule has 0 spiro atoms. The Morgan fingerprint density at radius 1 is 1.23 bits per heavy atom. The van der Waals surface area contributed by atoms with Crippen molar-refractivity contribution < 1.29 is 9.59 Å². The number of hydrogen-bond acceptors (Lipinski definition) is 3. The highest BCUT2D eigenvalue weighted by molar-refractivity contribution is 7.12. The number of amides is 2. The first kappa shape index (κ1) is 15.8. The molecule has 2 aromatic rings. The van der Waals surface area contributed by atoms with Gasteiger partial charge in [0.05, 0.1) is 17.0 Å². The van der Waals surface area contributed by atoms with E-state index in [4.69, 9.17) is 0 Å². The normalized spacial score (nSPS) is 9.55. The molecule has 0 saturated carbocycles. The number of hydrogen-bond donors (Lipinski definition) is 2. The van der Waals surface area contributed by atoms with Crippen LogP contribution in [0.1, 0.15) is 31.2 Å². The van der Waals surface area contributed by atoms with Crippen LogP contribution in [-0.4, -0.2) is 25.4 Å². The van der Waals surface area contributed by atoms with Gasteiger partial charge >= 0.3 is 0 Å². The van der Waals surface area contributed by atoms with Crippen molar-refractivity contribution in [2.75, 3.05) is 13.6 Å². The minimum atomic E-state index is -0.178. The fraction of sp³-hybridized carbons (Fsp3) is 0.176. The van der Waals surface area contributed by atoms with E-state index in [0.29, 0.717) is 16.0 Å². The molecule has 2 rings (SSSR count). The van der Waals surface area contributed by atoms with Gasteiger partial charge in [0, 0.05) is 12.6 Å². The molecule has 0 aliphatic carbocycles. The second-order valence-electron chi connectivity index (χ2n) is 4.60. The second kappa shape index (κ2) is 7.43. The van der Waals surface area contributed by atoms with Crippen LogP contribution in [0.5, 0.6) is 0 Å². The van der Waals surface area contributed by atoms with Crippen LogP contribution in [-0.2, 0) is 0 Å². The molecule has 0 radical (unpaired) electrons. The van der Waals surface area contributed by atoms with Crippen LogP contribution in [0.2, 0.25) is 0 Å². The largest absolute Gasteiger partial charge is 0.355 e. The molecule has 5 heteroatoms. The molecule has 0 bridgehead atoms. The molecule has 22 heavy (non-hydrogen) atoms. The zero-order chi connectivity index (χ0) is 15.9. The van der Waals surface area contributed by atoms with Crippen molar-refractivity contribution in [3.63, 3.8) is 0 Å². The van der Waals surface area contributed by atoms with E-state index in [-0.39, 0.29) is 18.4 Å². The topological polar surface area (TPSA) is 58.2 Å². The molecule has 2 N–H and O–H groups in total. The van der Waals surface area contributed by atoms with Gasteiger partial charge in [-0.05, 0) is 36.1 Å². The minimum Gasteiger partial charge on any atom is -0.355 e. The molecule has 0 saturated heterocycles.